The average molecular weight is 729 g/mol. The highest BCUT2D eigenvalue weighted by molar-refractivity contribution is 7.85. The van der Waals surface area contributed by atoms with Gasteiger partial charge in [0.25, 0.3) is 0 Å². The molecule has 0 unspecified atom stereocenters. The topological polar surface area (TPSA) is 80.7 Å². The second-order valence-corrected chi connectivity index (χ2v) is 13.8. The minimum absolute atomic E-state index is 0.196. The van der Waals surface area contributed by atoms with Crippen molar-refractivity contribution in [2.24, 2.45) is 0 Å². The number of hydrogen-bond donors (Lipinski definition) is 1. The van der Waals surface area contributed by atoms with Gasteiger partial charge < -0.3 is 4.74 Å². The number of esters is 1. The molecule has 0 aliphatic rings. The Hall–Kier alpha value is -6.36. The van der Waals surface area contributed by atoms with E-state index < -0.39 is 50.0 Å². The van der Waals surface area contributed by atoms with E-state index in [4.69, 9.17) is 4.74 Å². The minimum Gasteiger partial charge on any atom is -0.416 e. The summed E-state index contributed by atoms with van der Waals surface area (Å²) < 4.78 is 97.9. The predicted molar refractivity (Wildman–Crippen MR) is 196 cm³/mol. The van der Waals surface area contributed by atoms with E-state index in [0.29, 0.717) is 16.7 Å². The lowest BCUT2D eigenvalue weighted by Gasteiger charge is -2.19. The summed E-state index contributed by atoms with van der Waals surface area (Å²) in [5.74, 6) is -12.8. The molecule has 10 heteroatoms. The molecule has 0 aliphatic carbocycles. The standard InChI is InChI=1S/C43H24F4O5S/c44-37-39(46)42(53(49,50)51)40(47)38(45)41(37)52-43(48)36-34(31-17-14-25-8-2-5-11-28(25)20-31)22-33(30-16-13-24-7-1-4-10-27(24)19-30)23-35(36)32-18-15-26-9-3-6-12-29(26)21-32/h1-23H,(H,49,50,51). The lowest BCUT2D eigenvalue weighted by Crippen LogP contribution is -2.17. The molecule has 5 nitrogen and oxygen atoms in total. The van der Waals surface area contributed by atoms with E-state index in [1.165, 1.54) is 0 Å². The molecule has 53 heavy (non-hydrogen) atoms. The predicted octanol–water partition coefficient (Wildman–Crippen LogP) is 11.2. The summed E-state index contributed by atoms with van der Waals surface area (Å²) in [5, 5.41) is 5.38. The second kappa shape index (κ2) is 13.0. The van der Waals surface area contributed by atoms with E-state index in [9.17, 15) is 26.5 Å². The normalized spacial score (nSPS) is 11.7. The van der Waals surface area contributed by atoms with Crippen LogP contribution in [-0.4, -0.2) is 18.9 Å². The molecule has 0 saturated heterocycles. The van der Waals surface area contributed by atoms with Crippen molar-refractivity contribution in [3.63, 3.8) is 0 Å². The van der Waals surface area contributed by atoms with Gasteiger partial charge in [-0.15, -0.1) is 0 Å². The van der Waals surface area contributed by atoms with Crippen LogP contribution in [0.1, 0.15) is 10.4 Å². The number of benzene rings is 8. The Morgan fingerprint density at radius 3 is 1.26 bits per heavy atom. The van der Waals surface area contributed by atoms with Crippen molar-refractivity contribution >= 4 is 48.4 Å². The van der Waals surface area contributed by atoms with Gasteiger partial charge in [0.2, 0.25) is 17.4 Å². The van der Waals surface area contributed by atoms with Gasteiger partial charge in [0.15, 0.2) is 16.5 Å². The van der Waals surface area contributed by atoms with Crippen molar-refractivity contribution < 1.29 is 40.1 Å². The summed E-state index contributed by atoms with van der Waals surface area (Å²) in [7, 11) is -5.74. The van der Waals surface area contributed by atoms with Crippen molar-refractivity contribution in [3.05, 3.63) is 168 Å². The van der Waals surface area contributed by atoms with Crippen molar-refractivity contribution in [1.82, 2.24) is 0 Å². The number of fused-ring (bicyclic) bond motifs is 3. The number of rotatable bonds is 6. The van der Waals surface area contributed by atoms with Crippen LogP contribution in [0.25, 0.3) is 65.7 Å². The van der Waals surface area contributed by atoms with Crippen LogP contribution in [-0.2, 0) is 10.1 Å². The molecule has 8 rings (SSSR count). The van der Waals surface area contributed by atoms with Crippen LogP contribution < -0.4 is 4.74 Å². The van der Waals surface area contributed by atoms with Crippen LogP contribution in [0, 0.1) is 23.3 Å². The molecule has 0 fully saturated rings. The SMILES string of the molecule is O=C(Oc1c(F)c(F)c(S(=O)(=O)O)c(F)c1F)c1c(-c2ccc3ccccc3c2)cc(-c2ccc3ccccc3c2)cc1-c1ccc2ccccc2c1. The van der Waals surface area contributed by atoms with Crippen molar-refractivity contribution in [1.29, 1.82) is 0 Å². The first kappa shape index (κ1) is 33.8. The van der Waals surface area contributed by atoms with E-state index in [1.54, 1.807) is 24.3 Å². The molecule has 1 N–H and O–H groups in total. The molecule has 8 aromatic rings. The van der Waals surface area contributed by atoms with Crippen LogP contribution in [0.4, 0.5) is 17.6 Å². The maximum Gasteiger partial charge on any atom is 0.345 e. The fourth-order valence-electron chi connectivity index (χ4n) is 6.62. The molecular formula is C43H24F4O5S. The first-order chi connectivity index (χ1) is 25.5. The number of hydrogen-bond acceptors (Lipinski definition) is 4. The zero-order valence-electron chi connectivity index (χ0n) is 27.3. The molecule has 0 aliphatic heterocycles. The lowest BCUT2D eigenvalue weighted by molar-refractivity contribution is 0.0718. The van der Waals surface area contributed by atoms with Gasteiger partial charge in [0.05, 0.1) is 5.56 Å². The third-order valence-corrected chi connectivity index (χ3v) is 10.1. The summed E-state index contributed by atoms with van der Waals surface area (Å²) in [4.78, 5) is 12.1. The number of ether oxygens (including phenoxy) is 1. The highest BCUT2D eigenvalue weighted by atomic mass is 32.2. The zero-order chi connectivity index (χ0) is 37.0. The molecule has 260 valence electrons. The minimum atomic E-state index is -5.74. The number of halogens is 4. The lowest BCUT2D eigenvalue weighted by atomic mass is 9.86. The van der Waals surface area contributed by atoms with E-state index in [1.807, 2.05) is 115 Å². The van der Waals surface area contributed by atoms with Gasteiger partial charge in [-0.25, -0.2) is 13.6 Å². The summed E-state index contributed by atoms with van der Waals surface area (Å²) >= 11 is 0. The third kappa shape index (κ3) is 6.07. The van der Waals surface area contributed by atoms with Crippen LogP contribution in [0.5, 0.6) is 5.75 Å². The maximum atomic E-state index is 15.3. The van der Waals surface area contributed by atoms with Crippen LogP contribution in [0.15, 0.2) is 144 Å². The first-order valence-corrected chi connectivity index (χ1v) is 17.6. The van der Waals surface area contributed by atoms with E-state index in [0.717, 1.165) is 37.9 Å². The number of carbonyl (C=O) groups excluding carboxylic acids is 1. The van der Waals surface area contributed by atoms with Gasteiger partial charge in [-0.1, -0.05) is 109 Å². The second-order valence-electron chi connectivity index (χ2n) is 12.4. The summed E-state index contributed by atoms with van der Waals surface area (Å²) in [6, 6.07) is 43.0. The first-order valence-electron chi connectivity index (χ1n) is 16.2. The zero-order valence-corrected chi connectivity index (χ0v) is 28.1. The van der Waals surface area contributed by atoms with Gasteiger partial charge in [-0.05, 0) is 96.0 Å². The fraction of sp³-hybridized carbons (Fsp3) is 0. The van der Waals surface area contributed by atoms with Gasteiger partial charge in [0, 0.05) is 0 Å². The van der Waals surface area contributed by atoms with Crippen molar-refractivity contribution in [2.75, 3.05) is 0 Å². The van der Waals surface area contributed by atoms with Gasteiger partial charge >= 0.3 is 16.1 Å². The maximum absolute atomic E-state index is 15.3. The summed E-state index contributed by atoms with van der Waals surface area (Å²) in [5.41, 5.74) is 2.83. The quantitative estimate of drug-likeness (QED) is 0.0606. The highest BCUT2D eigenvalue weighted by Crippen LogP contribution is 2.41. The van der Waals surface area contributed by atoms with Gasteiger partial charge in [-0.2, -0.15) is 17.2 Å². The fourth-order valence-corrected chi connectivity index (χ4v) is 7.25. The molecule has 0 aromatic heterocycles. The summed E-state index contributed by atoms with van der Waals surface area (Å²) in [6.07, 6.45) is 0. The van der Waals surface area contributed by atoms with Gasteiger partial charge in [-0.3, -0.25) is 4.55 Å². The highest BCUT2D eigenvalue weighted by Gasteiger charge is 2.35. The molecule has 8 aromatic carbocycles. The van der Waals surface area contributed by atoms with Crippen molar-refractivity contribution in [2.45, 2.75) is 4.90 Å². The Labute approximate surface area is 300 Å². The van der Waals surface area contributed by atoms with Crippen LogP contribution >= 0.6 is 0 Å². The van der Waals surface area contributed by atoms with Crippen LogP contribution in [0.3, 0.4) is 0 Å². The Bertz CT molecular complexity index is 2800. The molecule has 0 spiro atoms. The Morgan fingerprint density at radius 2 is 0.849 bits per heavy atom. The molecule has 0 atom stereocenters. The smallest absolute Gasteiger partial charge is 0.345 e. The molecule has 0 bridgehead atoms. The van der Waals surface area contributed by atoms with Crippen molar-refractivity contribution in [3.8, 4) is 39.1 Å². The molecular weight excluding hydrogens is 705 g/mol. The Balaban J connectivity index is 1.42. The monoisotopic (exact) mass is 728 g/mol. The van der Waals surface area contributed by atoms with E-state index in [2.05, 4.69) is 0 Å². The Morgan fingerprint density at radius 1 is 0.472 bits per heavy atom. The van der Waals surface area contributed by atoms with E-state index in [-0.39, 0.29) is 16.7 Å². The molecule has 0 saturated carbocycles. The summed E-state index contributed by atoms with van der Waals surface area (Å²) in [6.45, 7) is 0. The average Bonchev–Trinajstić information content (AvgIpc) is 3.17. The third-order valence-electron chi connectivity index (χ3n) is 9.18. The molecule has 0 heterocycles. The molecule has 0 radical (unpaired) electrons. The largest absolute Gasteiger partial charge is 0.416 e. The van der Waals surface area contributed by atoms with E-state index >= 15 is 8.78 Å². The van der Waals surface area contributed by atoms with Gasteiger partial charge in [0.1, 0.15) is 0 Å². The molecule has 0 amide bonds. The van der Waals surface area contributed by atoms with Crippen LogP contribution in [0.2, 0.25) is 0 Å². The Kier molecular flexibility index (Phi) is 8.28. The number of carbonyl (C=O) groups is 1.